The second kappa shape index (κ2) is 8.76. The summed E-state index contributed by atoms with van der Waals surface area (Å²) in [6.07, 6.45) is 6.14. The van der Waals surface area contributed by atoms with Gasteiger partial charge < -0.3 is 19.5 Å². The lowest BCUT2D eigenvalue weighted by Gasteiger charge is -2.41. The first kappa shape index (κ1) is 20.8. The van der Waals surface area contributed by atoms with Crippen LogP contribution in [-0.2, 0) is 24.1 Å². The number of nitrogens with one attached hydrogen (secondary N) is 1. The number of urea groups is 1. The number of hydrogen-bond acceptors (Lipinski definition) is 4. The number of likely N-dealkylation sites (tertiary alicyclic amines) is 1. The maximum atomic E-state index is 12.8. The van der Waals surface area contributed by atoms with Crippen LogP contribution in [0.4, 0.5) is 10.5 Å². The minimum Gasteiger partial charge on any atom is -0.384 e. The van der Waals surface area contributed by atoms with Crippen LogP contribution in [0.25, 0.3) is 0 Å². The normalized spacial score (nSPS) is 18.2. The first-order valence-electron chi connectivity index (χ1n) is 11.0. The van der Waals surface area contributed by atoms with Crippen molar-refractivity contribution < 1.29 is 9.53 Å². The highest BCUT2D eigenvalue weighted by Crippen LogP contribution is 2.41. The Morgan fingerprint density at radius 1 is 1.13 bits per heavy atom. The summed E-state index contributed by atoms with van der Waals surface area (Å²) in [5.41, 5.74) is 3.54. The smallest absolute Gasteiger partial charge is 0.321 e. The Labute approximate surface area is 178 Å². The van der Waals surface area contributed by atoms with Crippen LogP contribution >= 0.6 is 0 Å². The maximum Gasteiger partial charge on any atom is 0.321 e. The molecule has 1 spiro atoms. The van der Waals surface area contributed by atoms with E-state index in [1.807, 2.05) is 17.0 Å². The van der Waals surface area contributed by atoms with Crippen LogP contribution in [0.3, 0.4) is 0 Å². The number of carbonyl (C=O) groups is 1. The molecule has 0 saturated carbocycles. The van der Waals surface area contributed by atoms with Crippen molar-refractivity contribution in [3.05, 3.63) is 41.0 Å². The van der Waals surface area contributed by atoms with E-state index in [-0.39, 0.29) is 6.03 Å². The molecule has 162 valence electrons. The molecule has 0 bridgehead atoms. The van der Waals surface area contributed by atoms with Crippen molar-refractivity contribution in [2.45, 2.75) is 58.9 Å². The van der Waals surface area contributed by atoms with Crippen molar-refractivity contribution in [2.24, 2.45) is 5.41 Å². The molecule has 0 unspecified atom stereocenters. The van der Waals surface area contributed by atoms with Gasteiger partial charge in [-0.25, -0.2) is 4.79 Å². The molecule has 0 radical (unpaired) electrons. The van der Waals surface area contributed by atoms with Gasteiger partial charge in [-0.15, -0.1) is 10.2 Å². The van der Waals surface area contributed by atoms with E-state index in [0.717, 1.165) is 81.1 Å². The average Bonchev–Trinajstić information content (AvgIpc) is 3.06. The number of rotatable bonds is 4. The molecule has 0 aliphatic carbocycles. The number of hydrogen-bond donors (Lipinski definition) is 1. The molecule has 7 heteroatoms. The van der Waals surface area contributed by atoms with Crippen molar-refractivity contribution in [1.29, 1.82) is 0 Å². The zero-order valence-electron chi connectivity index (χ0n) is 18.4. The van der Waals surface area contributed by atoms with Crippen molar-refractivity contribution in [3.63, 3.8) is 0 Å². The number of methoxy groups -OCH3 is 1. The van der Waals surface area contributed by atoms with Gasteiger partial charge in [0, 0.05) is 45.3 Å². The molecule has 1 aromatic heterocycles. The van der Waals surface area contributed by atoms with Crippen LogP contribution in [-0.4, -0.2) is 52.5 Å². The summed E-state index contributed by atoms with van der Waals surface area (Å²) in [5.74, 6) is 2.14. The van der Waals surface area contributed by atoms with Gasteiger partial charge in [0.1, 0.15) is 11.6 Å². The first-order chi connectivity index (χ1) is 14.5. The van der Waals surface area contributed by atoms with Gasteiger partial charge >= 0.3 is 6.03 Å². The van der Waals surface area contributed by atoms with Crippen LogP contribution in [0.15, 0.2) is 18.2 Å². The Bertz CT molecular complexity index is 899. The molecule has 2 aliphatic heterocycles. The summed E-state index contributed by atoms with van der Waals surface area (Å²) in [6.45, 7) is 7.40. The Balaban J connectivity index is 1.35. The molecule has 1 N–H and O–H groups in total. The number of anilines is 1. The standard InChI is InChI=1S/C23H33N5O2/c1-17-5-4-6-19(18(17)2)24-22(29)27-13-10-23(11-14-27)9-7-20-25-26-21(8-16-30-3)28(20)15-12-23/h4-6H,7-16H2,1-3H3,(H,24,29). The fourth-order valence-electron chi connectivity index (χ4n) is 4.81. The number of amides is 2. The van der Waals surface area contributed by atoms with E-state index in [1.54, 1.807) is 7.11 Å². The van der Waals surface area contributed by atoms with Gasteiger partial charge in [-0.2, -0.15) is 0 Å². The van der Waals surface area contributed by atoms with Crippen molar-refractivity contribution in [1.82, 2.24) is 19.7 Å². The van der Waals surface area contributed by atoms with Crippen LogP contribution in [0.1, 0.15) is 48.5 Å². The van der Waals surface area contributed by atoms with Crippen LogP contribution in [0.2, 0.25) is 0 Å². The highest BCUT2D eigenvalue weighted by Gasteiger charge is 2.37. The molecule has 1 aromatic carbocycles. The molecule has 3 heterocycles. The van der Waals surface area contributed by atoms with E-state index in [4.69, 9.17) is 4.74 Å². The quantitative estimate of drug-likeness (QED) is 0.832. The van der Waals surface area contributed by atoms with Gasteiger partial charge in [0.2, 0.25) is 0 Å². The lowest BCUT2D eigenvalue weighted by Crippen LogP contribution is -2.45. The Morgan fingerprint density at radius 2 is 1.90 bits per heavy atom. The monoisotopic (exact) mass is 411 g/mol. The van der Waals surface area contributed by atoms with Gasteiger partial charge in [-0.3, -0.25) is 0 Å². The summed E-state index contributed by atoms with van der Waals surface area (Å²) in [7, 11) is 1.72. The molecular formula is C23H33N5O2. The zero-order chi connectivity index (χ0) is 21.1. The van der Waals surface area contributed by atoms with E-state index in [9.17, 15) is 4.79 Å². The van der Waals surface area contributed by atoms with Crippen LogP contribution in [0, 0.1) is 19.3 Å². The van der Waals surface area contributed by atoms with Gasteiger partial charge in [-0.05, 0) is 62.1 Å². The third-order valence-corrected chi connectivity index (χ3v) is 7.14. The molecule has 7 nitrogen and oxygen atoms in total. The summed E-state index contributed by atoms with van der Waals surface area (Å²) in [5, 5.41) is 11.9. The van der Waals surface area contributed by atoms with Crippen molar-refractivity contribution in [3.8, 4) is 0 Å². The zero-order valence-corrected chi connectivity index (χ0v) is 18.4. The fourth-order valence-corrected chi connectivity index (χ4v) is 4.81. The van der Waals surface area contributed by atoms with Crippen LogP contribution in [0.5, 0.6) is 0 Å². The second-order valence-corrected chi connectivity index (χ2v) is 8.84. The number of nitrogens with zero attached hydrogens (tertiary/aromatic N) is 4. The second-order valence-electron chi connectivity index (χ2n) is 8.84. The van der Waals surface area contributed by atoms with Crippen molar-refractivity contribution >= 4 is 11.7 Å². The Morgan fingerprint density at radius 3 is 2.67 bits per heavy atom. The third kappa shape index (κ3) is 4.21. The number of carbonyl (C=O) groups excluding carboxylic acids is 1. The predicted octanol–water partition coefficient (Wildman–Crippen LogP) is 3.73. The number of ether oxygens (including phenoxy) is 1. The van der Waals surface area contributed by atoms with E-state index in [1.165, 1.54) is 5.56 Å². The van der Waals surface area contributed by atoms with E-state index in [0.29, 0.717) is 12.0 Å². The van der Waals surface area contributed by atoms with E-state index in [2.05, 4.69) is 40.0 Å². The fraction of sp³-hybridized carbons (Fsp3) is 0.609. The van der Waals surface area contributed by atoms with Gasteiger partial charge in [-0.1, -0.05) is 12.1 Å². The number of fused-ring (bicyclic) bond motifs is 1. The van der Waals surface area contributed by atoms with Gasteiger partial charge in [0.15, 0.2) is 0 Å². The summed E-state index contributed by atoms with van der Waals surface area (Å²) in [4.78, 5) is 14.8. The van der Waals surface area contributed by atoms with E-state index >= 15 is 0 Å². The SMILES string of the molecule is COCCc1nnc2n1CCC1(CC2)CCN(C(=O)Nc2cccc(C)c2C)CC1. The molecule has 1 saturated heterocycles. The molecule has 30 heavy (non-hydrogen) atoms. The number of aromatic nitrogens is 3. The number of piperidine rings is 1. The molecule has 0 atom stereocenters. The van der Waals surface area contributed by atoms with E-state index < -0.39 is 0 Å². The Hall–Kier alpha value is -2.41. The van der Waals surface area contributed by atoms with Crippen LogP contribution < -0.4 is 5.32 Å². The Kier molecular flexibility index (Phi) is 6.09. The predicted molar refractivity (Wildman–Crippen MR) is 117 cm³/mol. The molecule has 4 rings (SSSR count). The average molecular weight is 412 g/mol. The van der Waals surface area contributed by atoms with Gasteiger partial charge in [0.25, 0.3) is 0 Å². The van der Waals surface area contributed by atoms with Gasteiger partial charge in [0.05, 0.1) is 6.61 Å². The molecule has 1 fully saturated rings. The lowest BCUT2D eigenvalue weighted by molar-refractivity contribution is 0.105. The van der Waals surface area contributed by atoms with Crippen molar-refractivity contribution in [2.75, 3.05) is 32.1 Å². The lowest BCUT2D eigenvalue weighted by atomic mass is 9.73. The summed E-state index contributed by atoms with van der Waals surface area (Å²) in [6, 6.07) is 6.07. The highest BCUT2D eigenvalue weighted by molar-refractivity contribution is 5.90. The molecule has 2 aliphatic rings. The molecule has 2 aromatic rings. The minimum atomic E-state index is 0.0196. The largest absolute Gasteiger partial charge is 0.384 e. The molecular weight excluding hydrogens is 378 g/mol. The summed E-state index contributed by atoms with van der Waals surface area (Å²) < 4.78 is 7.51. The third-order valence-electron chi connectivity index (χ3n) is 7.14. The maximum absolute atomic E-state index is 12.8. The minimum absolute atomic E-state index is 0.0196. The number of aryl methyl sites for hydroxylation is 2. The topological polar surface area (TPSA) is 72.3 Å². The molecule has 2 amide bonds. The first-order valence-corrected chi connectivity index (χ1v) is 11.0. The highest BCUT2D eigenvalue weighted by atomic mass is 16.5. The summed E-state index contributed by atoms with van der Waals surface area (Å²) >= 11 is 0. The number of benzene rings is 1.